The highest BCUT2D eigenvalue weighted by Gasteiger charge is 2.08. The Bertz CT molecular complexity index is 1090. The summed E-state index contributed by atoms with van der Waals surface area (Å²) < 4.78 is 4.11. The molecule has 0 atom stereocenters. The van der Waals surface area contributed by atoms with Gasteiger partial charge in [0.1, 0.15) is 23.3 Å². The second-order valence-corrected chi connectivity index (χ2v) is 7.75. The van der Waals surface area contributed by atoms with E-state index in [2.05, 4.69) is 67.2 Å². The van der Waals surface area contributed by atoms with Gasteiger partial charge in [0.25, 0.3) is 0 Å². The highest BCUT2D eigenvalue weighted by molar-refractivity contribution is 5.85. The molecule has 0 aliphatic heterocycles. The van der Waals surface area contributed by atoms with Crippen LogP contribution >= 0.6 is 12.4 Å². The van der Waals surface area contributed by atoms with Gasteiger partial charge < -0.3 is 23.9 Å². The summed E-state index contributed by atoms with van der Waals surface area (Å²) in [4.78, 5) is 16.6. The predicted octanol–water partition coefficient (Wildman–Crippen LogP) is -0.551. The Labute approximate surface area is 213 Å². The molecule has 4 aromatic rings. The first-order valence-electron chi connectivity index (χ1n) is 10.4. The van der Waals surface area contributed by atoms with Crippen molar-refractivity contribution < 1.29 is 21.5 Å². The Balaban J connectivity index is 0.000000321. The average Bonchev–Trinajstić information content (AvgIpc) is 2.76. The van der Waals surface area contributed by atoms with E-state index in [1.807, 2.05) is 38.6 Å². The molecule has 34 heavy (non-hydrogen) atoms. The second kappa shape index (κ2) is 13.4. The summed E-state index contributed by atoms with van der Waals surface area (Å²) in [6.45, 7) is 9.19. The highest BCUT2D eigenvalue weighted by Crippen LogP contribution is 2.07. The number of nitrogens with zero attached hydrogens (tertiary/aromatic N) is 6. The molecule has 8 nitrogen and oxygen atoms in total. The fraction of sp³-hybridized carbons (Fsp3) is 0.250. The van der Waals surface area contributed by atoms with Crippen LogP contribution in [0.5, 0.6) is 0 Å². The molecule has 0 saturated heterocycles. The van der Waals surface area contributed by atoms with Crippen LogP contribution in [-0.2, 0) is 13.1 Å². The van der Waals surface area contributed by atoms with Crippen molar-refractivity contribution in [1.29, 1.82) is 0 Å². The number of hydrogen-bond donors (Lipinski definition) is 2. The van der Waals surface area contributed by atoms with E-state index in [-0.39, 0.29) is 24.8 Å². The van der Waals surface area contributed by atoms with E-state index in [1.54, 1.807) is 12.4 Å². The number of aryl methyl sites for hydroxylation is 4. The fourth-order valence-electron chi connectivity index (χ4n) is 2.94. The Kier molecular flexibility index (Phi) is 11.3. The summed E-state index contributed by atoms with van der Waals surface area (Å²) in [7, 11) is 0. The maximum absolute atomic E-state index is 5.83. The van der Waals surface area contributed by atoms with Crippen molar-refractivity contribution in [3.05, 3.63) is 95.3 Å². The molecule has 0 saturated carbocycles. The van der Waals surface area contributed by atoms with E-state index in [0.29, 0.717) is 36.4 Å². The van der Waals surface area contributed by atoms with Crippen LogP contribution in [0, 0.1) is 27.7 Å². The van der Waals surface area contributed by atoms with Crippen LogP contribution in [0.1, 0.15) is 33.9 Å². The lowest BCUT2D eigenvalue weighted by Crippen LogP contribution is -3.00. The van der Waals surface area contributed by atoms with Gasteiger partial charge >= 0.3 is 0 Å². The Morgan fingerprint density at radius 2 is 0.971 bits per heavy atom. The van der Waals surface area contributed by atoms with Gasteiger partial charge in [0.2, 0.25) is 0 Å². The van der Waals surface area contributed by atoms with Crippen molar-refractivity contribution >= 4 is 24.0 Å². The Morgan fingerprint density at radius 3 is 1.26 bits per heavy atom. The molecule has 0 aliphatic carbocycles. The van der Waals surface area contributed by atoms with Crippen LogP contribution in [0.4, 0.5) is 11.6 Å². The number of halogens is 2. The summed E-state index contributed by atoms with van der Waals surface area (Å²) in [5.74, 6) is 2.52. The quantitative estimate of drug-likeness (QED) is 0.363. The third kappa shape index (κ3) is 8.53. The molecule has 10 heteroatoms. The van der Waals surface area contributed by atoms with Gasteiger partial charge in [0.05, 0.1) is 11.1 Å². The van der Waals surface area contributed by atoms with Crippen molar-refractivity contribution in [2.24, 2.45) is 0 Å². The van der Waals surface area contributed by atoms with E-state index in [9.17, 15) is 0 Å². The number of hydrogen-bond acceptors (Lipinski definition) is 6. The number of aromatic nitrogens is 6. The predicted molar refractivity (Wildman–Crippen MR) is 131 cm³/mol. The van der Waals surface area contributed by atoms with Gasteiger partial charge in [0, 0.05) is 36.7 Å². The minimum absolute atomic E-state index is 0. The fourth-order valence-corrected chi connectivity index (χ4v) is 2.94. The minimum atomic E-state index is 0. The van der Waals surface area contributed by atoms with Crippen LogP contribution in [0.25, 0.3) is 0 Å². The Morgan fingerprint density at radius 1 is 0.647 bits per heavy atom. The maximum atomic E-state index is 5.83. The molecule has 4 N–H and O–H groups in total. The lowest BCUT2D eigenvalue weighted by atomic mass is 10.2. The summed E-state index contributed by atoms with van der Waals surface area (Å²) in [5.41, 5.74) is 16.0. The summed E-state index contributed by atoms with van der Waals surface area (Å²) in [6.07, 6.45) is 11.7. The third-order valence-corrected chi connectivity index (χ3v) is 4.86. The first-order chi connectivity index (χ1) is 15.3. The number of anilines is 2. The summed E-state index contributed by atoms with van der Waals surface area (Å²) >= 11 is 0. The zero-order valence-electron chi connectivity index (χ0n) is 19.8. The number of pyridine rings is 2. The first-order valence-corrected chi connectivity index (χ1v) is 10.4. The van der Waals surface area contributed by atoms with E-state index < -0.39 is 0 Å². The van der Waals surface area contributed by atoms with Crippen LogP contribution in [0.2, 0.25) is 0 Å². The maximum Gasteiger partial charge on any atom is 0.178 e. The highest BCUT2D eigenvalue weighted by atomic mass is 35.5. The second-order valence-electron chi connectivity index (χ2n) is 7.75. The Hall–Kier alpha value is -3.36. The topological polar surface area (TPSA) is 111 Å². The zero-order chi connectivity index (χ0) is 23.1. The zero-order valence-corrected chi connectivity index (χ0v) is 21.4. The molecule has 0 aromatic carbocycles. The SMILES string of the molecule is Cc1cc[n+](Cc2cnc(C)nc2N)cc1.Cc1cc[n+](Cc2cnc(C)nc2N)cc1.Cl.[Cl-]. The standard InChI is InChI=1S/2C12H15N4.2ClH/c2*1-9-3-5-16(6-4-9)8-11-7-14-10(2)15-12(11)13;;/h2*3-7H,8H2,1-2H3,(H2,13,14,15);2*1H/q2*+1;;/p-1. The minimum Gasteiger partial charge on any atom is -1.00 e. The van der Waals surface area contributed by atoms with Gasteiger partial charge in [-0.1, -0.05) is 0 Å². The molecule has 4 heterocycles. The molecule has 180 valence electrons. The van der Waals surface area contributed by atoms with Crippen LogP contribution in [-0.4, -0.2) is 19.9 Å². The first kappa shape index (κ1) is 28.7. The van der Waals surface area contributed by atoms with Gasteiger partial charge in [-0.05, 0) is 38.8 Å². The van der Waals surface area contributed by atoms with Gasteiger partial charge in [-0.25, -0.2) is 29.1 Å². The van der Waals surface area contributed by atoms with Crippen molar-refractivity contribution in [2.45, 2.75) is 40.8 Å². The van der Waals surface area contributed by atoms with Crippen LogP contribution < -0.4 is 33.0 Å². The van der Waals surface area contributed by atoms with Crippen molar-refractivity contribution in [1.82, 2.24) is 19.9 Å². The normalized spacial score (nSPS) is 9.76. The van der Waals surface area contributed by atoms with Crippen molar-refractivity contribution in [3.8, 4) is 0 Å². The average molecular weight is 502 g/mol. The third-order valence-electron chi connectivity index (χ3n) is 4.86. The molecule has 0 spiro atoms. The van der Waals surface area contributed by atoms with Gasteiger partial charge in [-0.15, -0.1) is 12.4 Å². The van der Waals surface area contributed by atoms with E-state index in [0.717, 1.165) is 11.1 Å². The van der Waals surface area contributed by atoms with Crippen LogP contribution in [0.15, 0.2) is 61.4 Å². The van der Waals surface area contributed by atoms with Gasteiger partial charge in [-0.3, -0.25) is 0 Å². The lowest BCUT2D eigenvalue weighted by molar-refractivity contribution is -0.688. The molecule has 0 bridgehead atoms. The summed E-state index contributed by atoms with van der Waals surface area (Å²) in [6, 6.07) is 8.24. The number of nitrogen functional groups attached to an aromatic ring is 2. The van der Waals surface area contributed by atoms with Crippen molar-refractivity contribution in [2.75, 3.05) is 11.5 Å². The van der Waals surface area contributed by atoms with E-state index in [4.69, 9.17) is 11.5 Å². The molecule has 0 radical (unpaired) electrons. The smallest absolute Gasteiger partial charge is 0.178 e. The molecular weight excluding hydrogens is 471 g/mol. The van der Waals surface area contributed by atoms with Gasteiger partial charge in [0.15, 0.2) is 37.9 Å². The van der Waals surface area contributed by atoms with Crippen molar-refractivity contribution in [3.63, 3.8) is 0 Å². The van der Waals surface area contributed by atoms with E-state index >= 15 is 0 Å². The van der Waals surface area contributed by atoms with E-state index in [1.165, 1.54) is 11.1 Å². The summed E-state index contributed by atoms with van der Waals surface area (Å²) in [5, 5.41) is 0. The lowest BCUT2D eigenvalue weighted by Gasteiger charge is -2.02. The van der Waals surface area contributed by atoms with Crippen LogP contribution in [0.3, 0.4) is 0 Å². The molecule has 0 fully saturated rings. The molecular formula is C24H31Cl2N8+. The molecule has 0 aliphatic rings. The molecule has 0 amide bonds. The van der Waals surface area contributed by atoms with Gasteiger partial charge in [-0.2, -0.15) is 0 Å². The molecule has 4 rings (SSSR count). The number of rotatable bonds is 4. The number of nitrogens with two attached hydrogens (primary N) is 2. The molecule has 4 aromatic heterocycles. The largest absolute Gasteiger partial charge is 1.00 e. The molecule has 0 unspecified atom stereocenters. The monoisotopic (exact) mass is 501 g/mol.